The first-order valence-corrected chi connectivity index (χ1v) is 3.98. The molecule has 0 aliphatic carbocycles. The largest absolute Gasteiger partial charge is 0.496 e. The second-order valence-electron chi connectivity index (χ2n) is 2.79. The smallest absolute Gasteiger partial charge is 0.162 e. The third-order valence-electron chi connectivity index (χ3n) is 1.91. The predicted molar refractivity (Wildman–Crippen MR) is 46.6 cm³/mol. The molecule has 0 bridgehead atoms. The highest BCUT2D eigenvalue weighted by atomic mass is 19.2. The van der Waals surface area contributed by atoms with E-state index in [1.807, 2.05) is 0 Å². The second kappa shape index (κ2) is 4.34. The zero-order valence-electron chi connectivity index (χ0n) is 7.88. The Hall–Kier alpha value is -1.20. The minimum atomic E-state index is -0.963. The van der Waals surface area contributed by atoms with Crippen LogP contribution in [0.4, 0.5) is 8.78 Å². The Balaban J connectivity index is 3.19. The highest BCUT2D eigenvalue weighted by molar-refractivity contribution is 5.36. The summed E-state index contributed by atoms with van der Waals surface area (Å²) in [6.45, 7) is 1.61. The highest BCUT2D eigenvalue weighted by Crippen LogP contribution is 2.28. The van der Waals surface area contributed by atoms with E-state index < -0.39 is 17.7 Å². The zero-order valence-corrected chi connectivity index (χ0v) is 7.88. The first-order chi connectivity index (χ1) is 6.60. The summed E-state index contributed by atoms with van der Waals surface area (Å²) >= 11 is 0. The Bertz CT molecular complexity index is 331. The van der Waals surface area contributed by atoms with E-state index in [-0.39, 0.29) is 5.75 Å². The molecule has 1 aromatic carbocycles. The number of rotatable bonds is 3. The summed E-state index contributed by atoms with van der Waals surface area (Å²) < 4.78 is 30.5. The highest BCUT2D eigenvalue weighted by Gasteiger charge is 2.15. The van der Waals surface area contributed by atoms with Gasteiger partial charge >= 0.3 is 0 Å². The summed E-state index contributed by atoms with van der Waals surface area (Å²) in [6.07, 6.45) is -0.556. The standard InChI is InChI=1S/C9H11F2NO2/c1-5(14-12)6-3-7(10)8(11)4-9(6)13-2/h3-5H,12H2,1-2H3. The molecule has 0 fully saturated rings. The molecule has 78 valence electrons. The minimum absolute atomic E-state index is 0.210. The van der Waals surface area contributed by atoms with Crippen LogP contribution in [0.15, 0.2) is 12.1 Å². The van der Waals surface area contributed by atoms with Crippen LogP contribution in [0.1, 0.15) is 18.6 Å². The maximum absolute atomic E-state index is 12.9. The molecule has 5 heteroatoms. The van der Waals surface area contributed by atoms with Gasteiger partial charge < -0.3 is 4.74 Å². The zero-order chi connectivity index (χ0) is 10.7. The SMILES string of the molecule is COc1cc(F)c(F)cc1C(C)ON. The molecule has 0 spiro atoms. The van der Waals surface area contributed by atoms with Gasteiger partial charge in [-0.05, 0) is 13.0 Å². The fraction of sp³-hybridized carbons (Fsp3) is 0.333. The normalized spacial score (nSPS) is 12.6. The van der Waals surface area contributed by atoms with Crippen molar-refractivity contribution in [2.45, 2.75) is 13.0 Å². The molecular formula is C9H11F2NO2. The molecule has 0 aromatic heterocycles. The molecule has 14 heavy (non-hydrogen) atoms. The summed E-state index contributed by atoms with van der Waals surface area (Å²) in [5, 5.41) is 0. The van der Waals surface area contributed by atoms with Crippen molar-refractivity contribution >= 4 is 0 Å². The Morgan fingerprint density at radius 1 is 1.29 bits per heavy atom. The van der Waals surface area contributed by atoms with E-state index >= 15 is 0 Å². The molecule has 0 saturated heterocycles. The van der Waals surface area contributed by atoms with E-state index in [0.29, 0.717) is 5.56 Å². The molecule has 0 amide bonds. The van der Waals surface area contributed by atoms with Crippen LogP contribution in [0.2, 0.25) is 0 Å². The monoisotopic (exact) mass is 203 g/mol. The van der Waals surface area contributed by atoms with Gasteiger partial charge in [-0.1, -0.05) is 0 Å². The van der Waals surface area contributed by atoms with E-state index in [9.17, 15) is 8.78 Å². The summed E-state index contributed by atoms with van der Waals surface area (Å²) in [5.74, 6) is 3.24. The Labute approximate surface area is 80.4 Å². The molecule has 0 aliphatic rings. The molecule has 1 rings (SSSR count). The van der Waals surface area contributed by atoms with Gasteiger partial charge in [0.15, 0.2) is 11.6 Å². The van der Waals surface area contributed by atoms with Crippen LogP contribution in [0.25, 0.3) is 0 Å². The number of hydrogen-bond donors (Lipinski definition) is 1. The van der Waals surface area contributed by atoms with Gasteiger partial charge in [0, 0.05) is 11.6 Å². The van der Waals surface area contributed by atoms with E-state index in [2.05, 4.69) is 4.84 Å². The van der Waals surface area contributed by atoms with Crippen LogP contribution in [-0.2, 0) is 4.84 Å². The van der Waals surface area contributed by atoms with Crippen molar-refractivity contribution in [3.63, 3.8) is 0 Å². The first-order valence-electron chi connectivity index (χ1n) is 3.98. The third kappa shape index (κ3) is 2.00. The maximum atomic E-state index is 12.9. The number of ether oxygens (including phenoxy) is 1. The molecule has 2 N–H and O–H groups in total. The third-order valence-corrected chi connectivity index (χ3v) is 1.91. The number of nitrogens with two attached hydrogens (primary N) is 1. The predicted octanol–water partition coefficient (Wildman–Crippen LogP) is 1.92. The molecular weight excluding hydrogens is 192 g/mol. The van der Waals surface area contributed by atoms with Gasteiger partial charge in [0.1, 0.15) is 11.9 Å². The van der Waals surface area contributed by atoms with Crippen molar-refractivity contribution in [1.82, 2.24) is 0 Å². The van der Waals surface area contributed by atoms with Gasteiger partial charge in [-0.2, -0.15) is 0 Å². The lowest BCUT2D eigenvalue weighted by Gasteiger charge is -2.13. The quantitative estimate of drug-likeness (QED) is 0.763. The second-order valence-corrected chi connectivity index (χ2v) is 2.79. The van der Waals surface area contributed by atoms with E-state index in [1.165, 1.54) is 7.11 Å². The number of hydrogen-bond acceptors (Lipinski definition) is 3. The van der Waals surface area contributed by atoms with Gasteiger partial charge in [-0.15, -0.1) is 0 Å². The minimum Gasteiger partial charge on any atom is -0.496 e. The molecule has 1 aromatic rings. The van der Waals surface area contributed by atoms with E-state index in [0.717, 1.165) is 12.1 Å². The molecule has 1 atom stereocenters. The van der Waals surface area contributed by atoms with Crippen LogP contribution in [0, 0.1) is 11.6 Å². The van der Waals surface area contributed by atoms with Crippen molar-refractivity contribution in [3.05, 3.63) is 29.3 Å². The number of halogens is 2. The fourth-order valence-electron chi connectivity index (χ4n) is 1.11. The van der Waals surface area contributed by atoms with Gasteiger partial charge in [-0.3, -0.25) is 4.84 Å². The summed E-state index contributed by atoms with van der Waals surface area (Å²) in [4.78, 5) is 4.50. The first kappa shape index (κ1) is 10.9. The summed E-state index contributed by atoms with van der Waals surface area (Å²) in [7, 11) is 1.36. The molecule has 0 heterocycles. The van der Waals surface area contributed by atoms with Crippen LogP contribution in [-0.4, -0.2) is 7.11 Å². The lowest BCUT2D eigenvalue weighted by Crippen LogP contribution is -2.08. The summed E-state index contributed by atoms with van der Waals surface area (Å²) in [5.41, 5.74) is 0.369. The van der Waals surface area contributed by atoms with Crippen molar-refractivity contribution < 1.29 is 18.4 Å². The Morgan fingerprint density at radius 2 is 1.86 bits per heavy atom. The van der Waals surface area contributed by atoms with Crippen LogP contribution < -0.4 is 10.6 Å². The molecule has 1 unspecified atom stereocenters. The average Bonchev–Trinajstić information content (AvgIpc) is 2.20. The molecule has 0 radical (unpaired) electrons. The van der Waals surface area contributed by atoms with Gasteiger partial charge in [0.05, 0.1) is 7.11 Å². The van der Waals surface area contributed by atoms with Crippen molar-refractivity contribution in [1.29, 1.82) is 0 Å². The number of benzene rings is 1. The Kier molecular flexibility index (Phi) is 3.38. The lowest BCUT2D eigenvalue weighted by molar-refractivity contribution is 0.0642. The lowest BCUT2D eigenvalue weighted by atomic mass is 10.1. The average molecular weight is 203 g/mol. The molecule has 3 nitrogen and oxygen atoms in total. The summed E-state index contributed by atoms with van der Waals surface area (Å²) in [6, 6.07) is 1.96. The van der Waals surface area contributed by atoms with Gasteiger partial charge in [-0.25, -0.2) is 14.7 Å². The van der Waals surface area contributed by atoms with E-state index in [1.54, 1.807) is 6.92 Å². The topological polar surface area (TPSA) is 44.5 Å². The van der Waals surface area contributed by atoms with Crippen LogP contribution in [0.3, 0.4) is 0 Å². The molecule has 0 saturated carbocycles. The van der Waals surface area contributed by atoms with Crippen LogP contribution in [0.5, 0.6) is 5.75 Å². The van der Waals surface area contributed by atoms with Crippen molar-refractivity contribution in [2.75, 3.05) is 7.11 Å². The van der Waals surface area contributed by atoms with Gasteiger partial charge in [0.25, 0.3) is 0 Å². The number of methoxy groups -OCH3 is 1. The molecule has 0 aliphatic heterocycles. The van der Waals surface area contributed by atoms with Crippen LogP contribution >= 0.6 is 0 Å². The maximum Gasteiger partial charge on any atom is 0.162 e. The van der Waals surface area contributed by atoms with E-state index in [4.69, 9.17) is 10.6 Å². The fourth-order valence-corrected chi connectivity index (χ4v) is 1.11. The van der Waals surface area contributed by atoms with Gasteiger partial charge in [0.2, 0.25) is 0 Å². The van der Waals surface area contributed by atoms with Crippen molar-refractivity contribution in [3.8, 4) is 5.75 Å². The van der Waals surface area contributed by atoms with Crippen molar-refractivity contribution in [2.24, 2.45) is 5.90 Å². The Morgan fingerprint density at radius 3 is 2.36 bits per heavy atom.